The Morgan fingerprint density at radius 3 is 2.37 bits per heavy atom. The van der Waals surface area contributed by atoms with Crippen LogP contribution in [0.1, 0.15) is 41.0 Å². The highest BCUT2D eigenvalue weighted by Gasteiger charge is 2.25. The molecule has 2 atom stereocenters. The number of rotatable bonds is 4. The zero-order chi connectivity index (χ0) is 14.7. The lowest BCUT2D eigenvalue weighted by atomic mass is 9.99. The van der Waals surface area contributed by atoms with Crippen molar-refractivity contribution in [2.75, 3.05) is 31.1 Å². The largest absolute Gasteiger partial charge is 0.312 e. The Bertz CT molecular complexity index is 373. The lowest BCUT2D eigenvalue weighted by Gasteiger charge is -2.33. The molecule has 0 amide bonds. The minimum atomic E-state index is -2.80. The molecule has 0 aliphatic carbocycles. The molecule has 1 rings (SSSR count). The van der Waals surface area contributed by atoms with Crippen LogP contribution >= 0.6 is 0 Å². The van der Waals surface area contributed by atoms with Gasteiger partial charge in [0.05, 0.1) is 11.5 Å². The molecule has 5 heteroatoms. The molecule has 0 aromatic rings. The molecule has 0 bridgehead atoms. The molecule has 0 aromatic heterocycles. The van der Waals surface area contributed by atoms with E-state index in [0.717, 1.165) is 19.5 Å². The summed E-state index contributed by atoms with van der Waals surface area (Å²) in [7, 11) is -2.80. The molecule has 0 radical (unpaired) electrons. The maximum Gasteiger partial charge on any atom is 0.151 e. The van der Waals surface area contributed by atoms with Crippen molar-refractivity contribution in [3.63, 3.8) is 0 Å². The zero-order valence-electron chi connectivity index (χ0n) is 13.1. The van der Waals surface area contributed by atoms with Gasteiger partial charge in [0.1, 0.15) is 0 Å². The van der Waals surface area contributed by atoms with Gasteiger partial charge in [-0.1, -0.05) is 6.92 Å². The van der Waals surface area contributed by atoms with Crippen molar-refractivity contribution in [1.29, 1.82) is 0 Å². The smallest absolute Gasteiger partial charge is 0.151 e. The fraction of sp³-hybridized carbons (Fsp3) is 1.00. The molecule has 1 aliphatic heterocycles. The molecule has 1 N–H and O–H groups in total. The van der Waals surface area contributed by atoms with Gasteiger partial charge in [0.2, 0.25) is 0 Å². The Kier molecular flexibility index (Phi) is 5.83. The highest BCUT2D eigenvalue weighted by molar-refractivity contribution is 7.91. The second-order valence-electron chi connectivity index (χ2n) is 6.89. The van der Waals surface area contributed by atoms with E-state index in [1.165, 1.54) is 0 Å². The van der Waals surface area contributed by atoms with E-state index in [9.17, 15) is 8.42 Å². The Labute approximate surface area is 118 Å². The van der Waals surface area contributed by atoms with Crippen molar-refractivity contribution in [3.05, 3.63) is 0 Å². The quantitative estimate of drug-likeness (QED) is 0.853. The number of nitrogens with zero attached hydrogens (tertiary/aromatic N) is 1. The van der Waals surface area contributed by atoms with E-state index in [1.807, 2.05) is 0 Å². The normalized spacial score (nSPS) is 24.7. The molecule has 2 unspecified atom stereocenters. The number of hydrogen-bond acceptors (Lipinski definition) is 4. The summed E-state index contributed by atoms with van der Waals surface area (Å²) in [5, 5.41) is 3.53. The molecule has 1 aliphatic rings. The first-order chi connectivity index (χ1) is 8.61. The van der Waals surface area contributed by atoms with Gasteiger partial charge in [-0.2, -0.15) is 0 Å². The van der Waals surface area contributed by atoms with Gasteiger partial charge < -0.3 is 5.32 Å². The molecule has 1 fully saturated rings. The monoisotopic (exact) mass is 290 g/mol. The second kappa shape index (κ2) is 6.55. The van der Waals surface area contributed by atoms with E-state index in [1.54, 1.807) is 0 Å². The van der Waals surface area contributed by atoms with Crippen LogP contribution in [0.5, 0.6) is 0 Å². The van der Waals surface area contributed by atoms with Gasteiger partial charge in [-0.15, -0.1) is 0 Å². The van der Waals surface area contributed by atoms with Crippen LogP contribution in [-0.2, 0) is 9.84 Å². The fourth-order valence-corrected chi connectivity index (χ4v) is 3.65. The first-order valence-electron chi connectivity index (χ1n) is 7.30. The summed E-state index contributed by atoms with van der Waals surface area (Å²) in [5.74, 6) is 1.18. The predicted molar refractivity (Wildman–Crippen MR) is 81.2 cm³/mol. The van der Waals surface area contributed by atoms with Crippen LogP contribution in [0.25, 0.3) is 0 Å². The van der Waals surface area contributed by atoms with Crippen LogP contribution in [0.3, 0.4) is 0 Å². The molecule has 1 saturated heterocycles. The van der Waals surface area contributed by atoms with E-state index in [0.29, 0.717) is 30.0 Å². The lowest BCUT2D eigenvalue weighted by Crippen LogP contribution is -2.46. The highest BCUT2D eigenvalue weighted by Crippen LogP contribution is 2.15. The average Bonchev–Trinajstić information content (AvgIpc) is 2.45. The third kappa shape index (κ3) is 6.23. The third-order valence-electron chi connectivity index (χ3n) is 3.94. The third-order valence-corrected chi connectivity index (χ3v) is 5.66. The van der Waals surface area contributed by atoms with E-state index >= 15 is 0 Å². The SMILES string of the molecule is CC(CNC(C)(C)C)C(C)N1CCCS(=O)(=O)CC1. The van der Waals surface area contributed by atoms with Crippen molar-refractivity contribution >= 4 is 9.84 Å². The van der Waals surface area contributed by atoms with Crippen molar-refractivity contribution < 1.29 is 8.42 Å². The van der Waals surface area contributed by atoms with Crippen LogP contribution in [0.2, 0.25) is 0 Å². The summed E-state index contributed by atoms with van der Waals surface area (Å²) < 4.78 is 23.3. The molecule has 19 heavy (non-hydrogen) atoms. The van der Waals surface area contributed by atoms with Crippen molar-refractivity contribution in [1.82, 2.24) is 10.2 Å². The zero-order valence-corrected chi connectivity index (χ0v) is 13.9. The van der Waals surface area contributed by atoms with E-state index < -0.39 is 9.84 Å². The van der Waals surface area contributed by atoms with Crippen LogP contribution in [-0.4, -0.2) is 56.0 Å². The topological polar surface area (TPSA) is 49.4 Å². The molecule has 114 valence electrons. The van der Waals surface area contributed by atoms with Gasteiger partial charge in [0.15, 0.2) is 9.84 Å². The summed E-state index contributed by atoms with van der Waals surface area (Å²) in [6.07, 6.45) is 0.770. The van der Waals surface area contributed by atoms with Crippen LogP contribution in [0.15, 0.2) is 0 Å². The van der Waals surface area contributed by atoms with E-state index in [-0.39, 0.29) is 5.54 Å². The molecule has 4 nitrogen and oxygen atoms in total. The number of sulfone groups is 1. The minimum Gasteiger partial charge on any atom is -0.312 e. The Morgan fingerprint density at radius 2 is 1.79 bits per heavy atom. The highest BCUT2D eigenvalue weighted by atomic mass is 32.2. The Balaban J connectivity index is 2.50. The van der Waals surface area contributed by atoms with Gasteiger partial charge >= 0.3 is 0 Å². The maximum absolute atomic E-state index is 11.6. The Morgan fingerprint density at radius 1 is 1.16 bits per heavy atom. The number of hydrogen-bond donors (Lipinski definition) is 1. The number of nitrogens with one attached hydrogen (secondary N) is 1. The van der Waals surface area contributed by atoms with Gasteiger partial charge in [0.25, 0.3) is 0 Å². The van der Waals surface area contributed by atoms with Gasteiger partial charge in [-0.05, 0) is 53.1 Å². The Hall–Kier alpha value is -0.130. The van der Waals surface area contributed by atoms with Crippen LogP contribution < -0.4 is 5.32 Å². The first-order valence-corrected chi connectivity index (χ1v) is 9.12. The van der Waals surface area contributed by atoms with Gasteiger partial charge in [-0.25, -0.2) is 8.42 Å². The molecule has 0 spiro atoms. The van der Waals surface area contributed by atoms with Crippen molar-refractivity contribution in [2.45, 2.75) is 52.6 Å². The summed E-state index contributed by atoms with van der Waals surface area (Å²) >= 11 is 0. The summed E-state index contributed by atoms with van der Waals surface area (Å²) in [6.45, 7) is 13.5. The molecule has 0 aromatic carbocycles. The van der Waals surface area contributed by atoms with Crippen molar-refractivity contribution in [2.24, 2.45) is 5.92 Å². The first kappa shape index (κ1) is 16.9. The van der Waals surface area contributed by atoms with E-state index in [2.05, 4.69) is 44.8 Å². The minimum absolute atomic E-state index is 0.135. The van der Waals surface area contributed by atoms with Crippen LogP contribution in [0.4, 0.5) is 0 Å². The molecule has 1 heterocycles. The average molecular weight is 290 g/mol. The van der Waals surface area contributed by atoms with Crippen LogP contribution in [0, 0.1) is 5.92 Å². The van der Waals surface area contributed by atoms with Gasteiger partial charge in [0, 0.05) is 18.1 Å². The van der Waals surface area contributed by atoms with Gasteiger partial charge in [-0.3, -0.25) is 4.90 Å². The summed E-state index contributed by atoms with van der Waals surface area (Å²) in [6, 6.07) is 0.420. The molecular formula is C14H30N2O2S. The summed E-state index contributed by atoms with van der Waals surface area (Å²) in [4.78, 5) is 2.33. The molecule has 0 saturated carbocycles. The lowest BCUT2D eigenvalue weighted by molar-refractivity contribution is 0.166. The summed E-state index contributed by atoms with van der Waals surface area (Å²) in [5.41, 5.74) is 0.135. The predicted octanol–water partition coefficient (Wildman–Crippen LogP) is 1.52. The van der Waals surface area contributed by atoms with Crippen molar-refractivity contribution in [3.8, 4) is 0 Å². The standard InChI is InChI=1S/C14H30N2O2S/c1-12(11-15-14(3,4)5)13(2)16-7-6-9-19(17,18)10-8-16/h12-13,15H,6-11H2,1-5H3. The van der Waals surface area contributed by atoms with E-state index in [4.69, 9.17) is 0 Å². The maximum atomic E-state index is 11.6. The fourth-order valence-electron chi connectivity index (χ4n) is 2.36. The second-order valence-corrected chi connectivity index (χ2v) is 9.19. The molecular weight excluding hydrogens is 260 g/mol.